The second-order valence-electron chi connectivity index (χ2n) is 4.20. The number of thiophene rings is 1. The summed E-state index contributed by atoms with van der Waals surface area (Å²) in [5.74, 6) is -0.351. The van der Waals surface area contributed by atoms with Crippen molar-refractivity contribution in [1.29, 1.82) is 0 Å². The second kappa shape index (κ2) is 5.70. The van der Waals surface area contributed by atoms with Crippen LogP contribution in [0.25, 0.3) is 0 Å². The Bertz CT molecular complexity index is 672. The third-order valence-electron chi connectivity index (χ3n) is 2.67. The predicted octanol–water partition coefficient (Wildman–Crippen LogP) is 2.11. The molecule has 7 heteroatoms. The van der Waals surface area contributed by atoms with Crippen LogP contribution in [0.5, 0.6) is 0 Å². The molecule has 0 aliphatic carbocycles. The topological polar surface area (TPSA) is 80.2 Å². The lowest BCUT2D eigenvalue weighted by Crippen LogP contribution is -2.09. The van der Waals surface area contributed by atoms with Crippen LogP contribution >= 0.6 is 11.3 Å². The molecule has 2 amide bonds. The molecule has 2 aromatic rings. The van der Waals surface area contributed by atoms with E-state index in [9.17, 15) is 14.4 Å². The first-order valence-electron chi connectivity index (χ1n) is 5.78. The summed E-state index contributed by atoms with van der Waals surface area (Å²) in [6.45, 7) is 1.47. The molecule has 20 heavy (non-hydrogen) atoms. The van der Waals surface area contributed by atoms with Crippen molar-refractivity contribution in [3.8, 4) is 0 Å². The van der Waals surface area contributed by atoms with E-state index in [0.717, 1.165) is 0 Å². The zero-order valence-electron chi connectivity index (χ0n) is 11.0. The first kappa shape index (κ1) is 14.0. The monoisotopic (exact) mass is 291 g/mol. The quantitative estimate of drug-likeness (QED) is 0.654. The highest BCUT2D eigenvalue weighted by atomic mass is 32.1. The van der Waals surface area contributed by atoms with Crippen LogP contribution in [-0.4, -0.2) is 22.7 Å². The molecule has 0 fully saturated rings. The Morgan fingerprint density at radius 1 is 1.30 bits per heavy atom. The van der Waals surface area contributed by atoms with Gasteiger partial charge in [0.05, 0.1) is 21.9 Å². The molecule has 2 N–H and O–H groups in total. The minimum Gasteiger partial charge on any atom is -0.346 e. The van der Waals surface area contributed by atoms with E-state index in [1.165, 1.54) is 18.3 Å². The highest BCUT2D eigenvalue weighted by Crippen LogP contribution is 2.21. The van der Waals surface area contributed by atoms with E-state index in [0.29, 0.717) is 28.4 Å². The number of Topliss-reactive ketones (excluding diaryl/α,β-unsaturated/α-hetero) is 1. The van der Waals surface area contributed by atoms with Crippen LogP contribution in [0.2, 0.25) is 0 Å². The molecule has 2 rings (SSSR count). The number of amides is 2. The minimum absolute atomic E-state index is 0.0680. The molecule has 104 valence electrons. The number of carbonyl (C=O) groups excluding carboxylic acids is 3. The van der Waals surface area contributed by atoms with E-state index in [-0.39, 0.29) is 11.7 Å². The van der Waals surface area contributed by atoms with Crippen molar-refractivity contribution in [3.05, 3.63) is 34.3 Å². The van der Waals surface area contributed by atoms with Crippen LogP contribution in [0.1, 0.15) is 27.1 Å². The number of anilines is 2. The van der Waals surface area contributed by atoms with Crippen LogP contribution in [0.15, 0.2) is 23.7 Å². The molecule has 0 spiro atoms. The number of nitrogens with zero attached hydrogens (tertiary/aromatic N) is 1. The van der Waals surface area contributed by atoms with Gasteiger partial charge < -0.3 is 15.2 Å². The SMILES string of the molecule is CC(=O)c1cc(NC(=O)c2cc(NC=O)cs2)cn1C. The van der Waals surface area contributed by atoms with Crippen LogP contribution in [0.4, 0.5) is 11.4 Å². The van der Waals surface area contributed by atoms with Crippen molar-refractivity contribution in [1.82, 2.24) is 4.57 Å². The van der Waals surface area contributed by atoms with Crippen LogP contribution < -0.4 is 10.6 Å². The first-order chi connectivity index (χ1) is 9.51. The molecule has 0 bridgehead atoms. The van der Waals surface area contributed by atoms with Gasteiger partial charge in [0.1, 0.15) is 0 Å². The van der Waals surface area contributed by atoms with Gasteiger partial charge in [-0.1, -0.05) is 0 Å². The van der Waals surface area contributed by atoms with Crippen molar-refractivity contribution in [2.24, 2.45) is 7.05 Å². The largest absolute Gasteiger partial charge is 0.346 e. The van der Waals surface area contributed by atoms with Gasteiger partial charge in [-0.15, -0.1) is 11.3 Å². The average Bonchev–Trinajstić information content (AvgIpc) is 2.97. The number of nitrogens with one attached hydrogen (secondary N) is 2. The molecule has 0 unspecified atom stereocenters. The van der Waals surface area contributed by atoms with Crippen molar-refractivity contribution in [3.63, 3.8) is 0 Å². The summed E-state index contributed by atoms with van der Waals surface area (Å²) < 4.78 is 1.66. The maximum atomic E-state index is 12.0. The fourth-order valence-corrected chi connectivity index (χ4v) is 2.52. The maximum absolute atomic E-state index is 12.0. The molecule has 0 aromatic carbocycles. The third-order valence-corrected chi connectivity index (χ3v) is 3.60. The van der Waals surface area contributed by atoms with E-state index in [1.54, 1.807) is 35.3 Å². The normalized spacial score (nSPS) is 10.1. The Morgan fingerprint density at radius 2 is 2.05 bits per heavy atom. The van der Waals surface area contributed by atoms with E-state index >= 15 is 0 Å². The molecule has 6 nitrogen and oxygen atoms in total. The summed E-state index contributed by atoms with van der Waals surface area (Å²) in [5.41, 5.74) is 1.66. The number of ketones is 1. The summed E-state index contributed by atoms with van der Waals surface area (Å²) in [6, 6.07) is 3.21. The van der Waals surface area contributed by atoms with E-state index in [1.807, 2.05) is 0 Å². The standard InChI is InChI=1S/C13H13N3O3S/c1-8(18)11-3-9(5-16(11)2)15-13(19)12-4-10(6-20-12)14-7-17/h3-7H,1-2H3,(H,14,17)(H,15,19). The molecule has 0 radical (unpaired) electrons. The highest BCUT2D eigenvalue weighted by Gasteiger charge is 2.12. The van der Waals surface area contributed by atoms with Gasteiger partial charge in [-0.3, -0.25) is 14.4 Å². The highest BCUT2D eigenvalue weighted by molar-refractivity contribution is 7.12. The summed E-state index contributed by atoms with van der Waals surface area (Å²) in [4.78, 5) is 34.1. The Labute approximate surface area is 119 Å². The van der Waals surface area contributed by atoms with E-state index in [2.05, 4.69) is 10.6 Å². The first-order valence-corrected chi connectivity index (χ1v) is 6.66. The van der Waals surface area contributed by atoms with Crippen LogP contribution in [-0.2, 0) is 11.8 Å². The minimum atomic E-state index is -0.283. The Kier molecular flexibility index (Phi) is 3.99. The maximum Gasteiger partial charge on any atom is 0.265 e. The molecule has 0 aliphatic rings. The van der Waals surface area contributed by atoms with Gasteiger partial charge in [0.15, 0.2) is 5.78 Å². The lowest BCUT2D eigenvalue weighted by molar-refractivity contribution is -0.105. The number of hydrogen-bond donors (Lipinski definition) is 2. The Balaban J connectivity index is 2.12. The number of aryl methyl sites for hydroxylation is 1. The number of hydrogen-bond acceptors (Lipinski definition) is 4. The molecule has 0 atom stereocenters. The molecule has 0 saturated carbocycles. The molecule has 0 saturated heterocycles. The summed E-state index contributed by atoms with van der Waals surface area (Å²) >= 11 is 1.23. The fraction of sp³-hybridized carbons (Fsp3) is 0.154. The average molecular weight is 291 g/mol. The van der Waals surface area contributed by atoms with Gasteiger partial charge in [-0.25, -0.2) is 0 Å². The molecule has 2 heterocycles. The lowest BCUT2D eigenvalue weighted by atomic mass is 10.3. The van der Waals surface area contributed by atoms with Gasteiger partial charge in [0.2, 0.25) is 6.41 Å². The lowest BCUT2D eigenvalue weighted by Gasteiger charge is -1.99. The zero-order valence-corrected chi connectivity index (χ0v) is 11.8. The van der Waals surface area contributed by atoms with Gasteiger partial charge >= 0.3 is 0 Å². The number of aromatic nitrogens is 1. The van der Waals surface area contributed by atoms with E-state index < -0.39 is 0 Å². The van der Waals surface area contributed by atoms with Crippen molar-refractivity contribution in [2.45, 2.75) is 6.92 Å². The van der Waals surface area contributed by atoms with Crippen LogP contribution in [0.3, 0.4) is 0 Å². The van der Waals surface area contributed by atoms with Crippen molar-refractivity contribution < 1.29 is 14.4 Å². The Hall–Kier alpha value is -2.41. The van der Waals surface area contributed by atoms with Gasteiger partial charge in [-0.2, -0.15) is 0 Å². The predicted molar refractivity (Wildman–Crippen MR) is 77.4 cm³/mol. The van der Waals surface area contributed by atoms with Crippen molar-refractivity contribution in [2.75, 3.05) is 10.6 Å². The fourth-order valence-electron chi connectivity index (χ4n) is 1.77. The third kappa shape index (κ3) is 2.94. The smallest absolute Gasteiger partial charge is 0.265 e. The zero-order chi connectivity index (χ0) is 14.7. The van der Waals surface area contributed by atoms with E-state index in [4.69, 9.17) is 0 Å². The molecular formula is C13H13N3O3S. The van der Waals surface area contributed by atoms with Crippen LogP contribution in [0, 0.1) is 0 Å². The van der Waals surface area contributed by atoms with Crippen molar-refractivity contribution >= 4 is 40.8 Å². The summed E-state index contributed by atoms with van der Waals surface area (Å²) in [6.07, 6.45) is 2.23. The molecular weight excluding hydrogens is 278 g/mol. The van der Waals surface area contributed by atoms with Gasteiger partial charge in [0.25, 0.3) is 5.91 Å². The number of rotatable bonds is 5. The number of carbonyl (C=O) groups is 3. The summed E-state index contributed by atoms with van der Waals surface area (Å²) in [7, 11) is 1.74. The molecule has 2 aromatic heterocycles. The Morgan fingerprint density at radius 3 is 2.65 bits per heavy atom. The van der Waals surface area contributed by atoms with Gasteiger partial charge in [-0.05, 0) is 12.1 Å². The molecule has 0 aliphatic heterocycles. The van der Waals surface area contributed by atoms with Gasteiger partial charge in [0, 0.05) is 25.5 Å². The summed E-state index contributed by atoms with van der Waals surface area (Å²) in [5, 5.41) is 6.86. The second-order valence-corrected chi connectivity index (χ2v) is 5.11.